The molecule has 3 N–H and O–H groups in total. The fourth-order valence-electron chi connectivity index (χ4n) is 9.15. The molecule has 1 heterocycles. The van der Waals surface area contributed by atoms with E-state index < -0.39 is 10.3 Å². The van der Waals surface area contributed by atoms with Gasteiger partial charge in [0, 0.05) is 0 Å². The standard InChI is InChI=1S/C31H48N2O4S/c1-3-31-17-16-23-21-25(37-38(32,35)36)12-13-26(23)29(31)24(22-30(2)27(31)14-15-28(30)34)11-7-4-5-8-18-33-19-9-6-10-20-33/h3,12-13,21,24,27-29,34H,1,4-11,14-20,22H2,2H3,(H2,32,35,36)/t24-,27?,28-,29?,30-,31?/m0/s1. The van der Waals surface area contributed by atoms with Crippen LogP contribution < -0.4 is 9.32 Å². The summed E-state index contributed by atoms with van der Waals surface area (Å²) in [7, 11) is -4.05. The summed E-state index contributed by atoms with van der Waals surface area (Å²) in [5.74, 6) is 1.51. The molecule has 1 aliphatic heterocycles. The number of aryl methyl sites for hydroxylation is 1. The third-order valence-corrected chi connectivity index (χ3v) is 11.2. The van der Waals surface area contributed by atoms with Crippen LogP contribution in [0.1, 0.15) is 101 Å². The lowest BCUT2D eigenvalue weighted by atomic mass is 9.44. The van der Waals surface area contributed by atoms with E-state index in [-0.39, 0.29) is 16.9 Å². The van der Waals surface area contributed by atoms with E-state index in [2.05, 4.69) is 30.5 Å². The maximum atomic E-state index is 11.5. The second-order valence-corrected chi connectivity index (χ2v) is 14.1. The van der Waals surface area contributed by atoms with E-state index in [1.54, 1.807) is 6.07 Å². The zero-order valence-electron chi connectivity index (χ0n) is 23.2. The van der Waals surface area contributed by atoms with Gasteiger partial charge in [0.15, 0.2) is 0 Å². The van der Waals surface area contributed by atoms with Gasteiger partial charge in [-0.1, -0.05) is 44.7 Å². The van der Waals surface area contributed by atoms with E-state index in [1.165, 1.54) is 75.7 Å². The minimum Gasteiger partial charge on any atom is -0.393 e. The van der Waals surface area contributed by atoms with Crippen LogP contribution in [0.2, 0.25) is 0 Å². The summed E-state index contributed by atoms with van der Waals surface area (Å²) >= 11 is 0. The molecule has 3 unspecified atom stereocenters. The molecule has 5 rings (SSSR count). The van der Waals surface area contributed by atoms with Crippen LogP contribution in [-0.2, 0) is 16.7 Å². The third kappa shape index (κ3) is 5.45. The van der Waals surface area contributed by atoms with Crippen molar-refractivity contribution in [2.45, 2.75) is 102 Å². The lowest BCUT2D eigenvalue weighted by molar-refractivity contribution is -0.0812. The maximum Gasteiger partial charge on any atom is 0.380 e. The summed E-state index contributed by atoms with van der Waals surface area (Å²) in [5, 5.41) is 16.3. The third-order valence-electron chi connectivity index (χ3n) is 10.8. The monoisotopic (exact) mass is 544 g/mol. The molecule has 1 saturated heterocycles. The Balaban J connectivity index is 1.34. The minimum atomic E-state index is -4.05. The molecule has 3 aliphatic carbocycles. The number of fused-ring (bicyclic) bond motifs is 5. The highest BCUT2D eigenvalue weighted by molar-refractivity contribution is 7.84. The molecule has 3 fully saturated rings. The molecule has 4 aliphatic rings. The molecule has 0 bridgehead atoms. The van der Waals surface area contributed by atoms with E-state index in [0.717, 1.165) is 38.5 Å². The number of hydrogen-bond acceptors (Lipinski definition) is 5. The van der Waals surface area contributed by atoms with Gasteiger partial charge in [0.2, 0.25) is 0 Å². The molecule has 6 nitrogen and oxygen atoms in total. The molecule has 212 valence electrons. The van der Waals surface area contributed by atoms with Gasteiger partial charge in [-0.2, -0.15) is 13.6 Å². The largest absolute Gasteiger partial charge is 0.393 e. The average Bonchev–Trinajstić information content (AvgIpc) is 3.19. The number of rotatable bonds is 10. The molecule has 6 atom stereocenters. The number of aliphatic hydroxyl groups excluding tert-OH is 1. The number of nitrogens with zero attached hydrogens (tertiary/aromatic N) is 1. The number of nitrogens with two attached hydrogens (primary N) is 1. The van der Waals surface area contributed by atoms with Crippen molar-refractivity contribution in [2.24, 2.45) is 27.8 Å². The van der Waals surface area contributed by atoms with Gasteiger partial charge in [-0.25, -0.2) is 0 Å². The van der Waals surface area contributed by atoms with Gasteiger partial charge < -0.3 is 14.2 Å². The fourth-order valence-corrected chi connectivity index (χ4v) is 9.52. The predicted molar refractivity (Wildman–Crippen MR) is 152 cm³/mol. The Morgan fingerprint density at radius 2 is 1.92 bits per heavy atom. The lowest BCUT2D eigenvalue weighted by Crippen LogP contribution is -2.54. The quantitative estimate of drug-likeness (QED) is 0.291. The molecule has 7 heteroatoms. The van der Waals surface area contributed by atoms with Crippen LogP contribution in [0.3, 0.4) is 0 Å². The van der Waals surface area contributed by atoms with Crippen molar-refractivity contribution in [1.29, 1.82) is 0 Å². The number of unbranched alkanes of at least 4 members (excludes halogenated alkanes) is 3. The van der Waals surface area contributed by atoms with Gasteiger partial charge in [0.05, 0.1) is 6.10 Å². The summed E-state index contributed by atoms with van der Waals surface area (Å²) in [5.41, 5.74) is 2.37. The normalized spacial score (nSPS) is 35.2. The summed E-state index contributed by atoms with van der Waals surface area (Å²) in [6.45, 7) is 10.5. The van der Waals surface area contributed by atoms with Crippen molar-refractivity contribution >= 4 is 10.3 Å². The molecule has 0 spiro atoms. The van der Waals surface area contributed by atoms with Gasteiger partial charge >= 0.3 is 10.3 Å². The Labute approximate surface area is 230 Å². The smallest absolute Gasteiger partial charge is 0.380 e. The highest BCUT2D eigenvalue weighted by Crippen LogP contribution is 2.69. The molecule has 2 saturated carbocycles. The molecule has 0 radical (unpaired) electrons. The Morgan fingerprint density at radius 1 is 1.16 bits per heavy atom. The van der Waals surface area contributed by atoms with Crippen LogP contribution in [0.15, 0.2) is 30.9 Å². The van der Waals surface area contributed by atoms with E-state index >= 15 is 0 Å². The zero-order chi connectivity index (χ0) is 27.0. The van der Waals surface area contributed by atoms with Crippen molar-refractivity contribution in [3.63, 3.8) is 0 Å². The maximum absolute atomic E-state index is 11.5. The molecule has 0 amide bonds. The number of benzene rings is 1. The summed E-state index contributed by atoms with van der Waals surface area (Å²) < 4.78 is 28.1. The summed E-state index contributed by atoms with van der Waals surface area (Å²) in [4.78, 5) is 2.64. The number of allylic oxidation sites excluding steroid dienone is 1. The van der Waals surface area contributed by atoms with Gasteiger partial charge in [-0.3, -0.25) is 0 Å². The van der Waals surface area contributed by atoms with E-state index in [4.69, 9.17) is 9.32 Å². The number of piperidine rings is 1. The molecular formula is C31H48N2O4S. The van der Waals surface area contributed by atoms with Crippen LogP contribution >= 0.6 is 0 Å². The van der Waals surface area contributed by atoms with Gasteiger partial charge in [-0.15, -0.1) is 6.58 Å². The van der Waals surface area contributed by atoms with Crippen molar-refractivity contribution in [3.05, 3.63) is 42.0 Å². The SMILES string of the molecule is C=CC12CCc3cc(OS(N)(=O)=O)ccc3C1[C@@H](CCCCCCN1CCCCC1)C[C@@]1(C)C2CC[C@@H]1O. The van der Waals surface area contributed by atoms with Crippen LogP contribution in [0.5, 0.6) is 5.75 Å². The van der Waals surface area contributed by atoms with Crippen LogP contribution in [-0.4, -0.2) is 44.2 Å². The second-order valence-electron chi connectivity index (χ2n) is 13.0. The Kier molecular flexibility index (Phi) is 8.31. The zero-order valence-corrected chi connectivity index (χ0v) is 24.1. The average molecular weight is 545 g/mol. The first-order valence-electron chi connectivity index (χ1n) is 15.1. The van der Waals surface area contributed by atoms with Gasteiger partial charge in [0.1, 0.15) is 5.75 Å². The molecule has 1 aromatic carbocycles. The fraction of sp³-hybridized carbons (Fsp3) is 0.742. The van der Waals surface area contributed by atoms with Crippen LogP contribution in [0, 0.1) is 22.7 Å². The molecule has 1 aromatic rings. The van der Waals surface area contributed by atoms with Crippen LogP contribution in [0.25, 0.3) is 0 Å². The summed E-state index contributed by atoms with van der Waals surface area (Å²) in [6, 6.07) is 5.72. The lowest BCUT2D eigenvalue weighted by Gasteiger charge is -2.60. The first-order valence-corrected chi connectivity index (χ1v) is 16.5. The Hall–Kier alpha value is -1.41. The topological polar surface area (TPSA) is 92.9 Å². The van der Waals surface area contributed by atoms with Crippen molar-refractivity contribution < 1.29 is 17.7 Å². The highest BCUT2D eigenvalue weighted by atomic mass is 32.2. The summed E-state index contributed by atoms with van der Waals surface area (Å²) in [6.07, 6.45) is 17.1. The Morgan fingerprint density at radius 3 is 2.66 bits per heavy atom. The van der Waals surface area contributed by atoms with E-state index in [9.17, 15) is 13.5 Å². The van der Waals surface area contributed by atoms with Gasteiger partial charge in [-0.05, 0) is 129 Å². The first kappa shape index (κ1) is 28.1. The number of likely N-dealkylation sites (tertiary alicyclic amines) is 1. The van der Waals surface area contributed by atoms with Crippen LogP contribution in [0.4, 0.5) is 0 Å². The number of aliphatic hydroxyl groups is 1. The number of hydrogen-bond donors (Lipinski definition) is 2. The second kappa shape index (κ2) is 11.2. The van der Waals surface area contributed by atoms with Crippen molar-refractivity contribution in [3.8, 4) is 5.75 Å². The van der Waals surface area contributed by atoms with Crippen molar-refractivity contribution in [1.82, 2.24) is 4.90 Å². The molecule has 38 heavy (non-hydrogen) atoms. The van der Waals surface area contributed by atoms with E-state index in [0.29, 0.717) is 23.5 Å². The van der Waals surface area contributed by atoms with Gasteiger partial charge in [0.25, 0.3) is 0 Å². The Bertz CT molecular complexity index is 1100. The predicted octanol–water partition coefficient (Wildman–Crippen LogP) is 5.70. The highest BCUT2D eigenvalue weighted by Gasteiger charge is 2.63. The van der Waals surface area contributed by atoms with E-state index in [1.807, 2.05) is 6.07 Å². The molecular weight excluding hydrogens is 496 g/mol. The van der Waals surface area contributed by atoms with Crippen molar-refractivity contribution in [2.75, 3.05) is 19.6 Å². The first-order chi connectivity index (χ1) is 18.2. The molecule has 0 aromatic heterocycles. The minimum absolute atomic E-state index is 0.0429.